The second-order valence-corrected chi connectivity index (χ2v) is 11.8. The number of carbonyl (C=O) groups excluding carboxylic acids is 3. The maximum Gasteiger partial charge on any atom is 0.312 e. The summed E-state index contributed by atoms with van der Waals surface area (Å²) in [5, 5.41) is 9.17. The van der Waals surface area contributed by atoms with E-state index >= 15 is 0 Å². The minimum Gasteiger partial charge on any atom is -0.465 e. The van der Waals surface area contributed by atoms with E-state index in [9.17, 15) is 14.4 Å². The number of hydrogen-bond donors (Lipinski definition) is 1. The fourth-order valence-corrected chi connectivity index (χ4v) is 7.78. The fraction of sp³-hybridized carbons (Fsp3) is 0.774. The van der Waals surface area contributed by atoms with Crippen molar-refractivity contribution in [2.45, 2.75) is 114 Å². The van der Waals surface area contributed by atoms with Gasteiger partial charge in [-0.15, -0.1) is 13.2 Å². The highest BCUT2D eigenvalue weighted by Crippen LogP contribution is 2.64. The van der Waals surface area contributed by atoms with Crippen LogP contribution in [0.15, 0.2) is 25.3 Å². The van der Waals surface area contributed by atoms with Crippen LogP contribution in [0.4, 0.5) is 0 Å². The zero-order valence-electron chi connectivity index (χ0n) is 23.8. The molecule has 3 saturated heterocycles. The molecular weight excluding hydrogens is 496 g/mol. The molecule has 0 aromatic heterocycles. The summed E-state index contributed by atoms with van der Waals surface area (Å²) in [6, 6.07) is -0.631. The molecule has 2 amide bonds. The number of carbonyl (C=O) groups is 3. The van der Waals surface area contributed by atoms with Crippen LogP contribution in [-0.2, 0) is 23.9 Å². The summed E-state index contributed by atoms with van der Waals surface area (Å²) in [7, 11) is 0. The molecule has 3 heterocycles. The largest absolute Gasteiger partial charge is 0.465 e. The number of likely N-dealkylation sites (tertiary alicyclic amines) is 1. The predicted octanol–water partition coefficient (Wildman–Crippen LogP) is 4.16. The van der Waals surface area contributed by atoms with Gasteiger partial charge in [-0.3, -0.25) is 14.4 Å². The highest BCUT2D eigenvalue weighted by Gasteiger charge is 2.79. The highest BCUT2D eigenvalue weighted by molar-refractivity contribution is 5.98. The third kappa shape index (κ3) is 5.43. The van der Waals surface area contributed by atoms with Crippen LogP contribution in [0, 0.1) is 11.8 Å². The van der Waals surface area contributed by atoms with E-state index in [4.69, 9.17) is 14.6 Å². The maximum absolute atomic E-state index is 14.6. The molecule has 4 fully saturated rings. The molecule has 0 aromatic carbocycles. The summed E-state index contributed by atoms with van der Waals surface area (Å²) in [5.41, 5.74) is -1.81. The van der Waals surface area contributed by atoms with Crippen LogP contribution in [0.5, 0.6) is 0 Å². The molecule has 218 valence electrons. The average molecular weight is 545 g/mol. The molecule has 0 radical (unpaired) electrons. The van der Waals surface area contributed by atoms with E-state index in [0.717, 1.165) is 51.4 Å². The van der Waals surface area contributed by atoms with E-state index in [-0.39, 0.29) is 31.1 Å². The normalized spacial score (nSPS) is 31.8. The van der Waals surface area contributed by atoms with Crippen LogP contribution in [0.3, 0.4) is 0 Å². The first-order chi connectivity index (χ1) is 18.9. The lowest BCUT2D eigenvalue weighted by molar-refractivity contribution is -0.162. The quantitative estimate of drug-likeness (QED) is 0.189. The summed E-state index contributed by atoms with van der Waals surface area (Å²) in [5.74, 6) is -2.06. The first-order valence-corrected chi connectivity index (χ1v) is 15.2. The Kier molecular flexibility index (Phi) is 9.92. The molecule has 0 aromatic rings. The summed E-state index contributed by atoms with van der Waals surface area (Å²) < 4.78 is 12.5. The van der Waals surface area contributed by atoms with Gasteiger partial charge in [-0.2, -0.15) is 0 Å². The smallest absolute Gasteiger partial charge is 0.312 e. The molecule has 1 aliphatic carbocycles. The van der Waals surface area contributed by atoms with Crippen LogP contribution in [0.2, 0.25) is 0 Å². The van der Waals surface area contributed by atoms with Crippen LogP contribution >= 0.6 is 0 Å². The Labute approximate surface area is 233 Å². The highest BCUT2D eigenvalue weighted by atomic mass is 16.6. The van der Waals surface area contributed by atoms with Gasteiger partial charge in [0.15, 0.2) is 0 Å². The molecule has 1 spiro atoms. The zero-order chi connectivity index (χ0) is 28.0. The van der Waals surface area contributed by atoms with E-state index in [0.29, 0.717) is 38.8 Å². The molecule has 5 atom stereocenters. The number of rotatable bonds is 15. The first-order valence-electron chi connectivity index (χ1n) is 15.2. The minimum atomic E-state index is -1.02. The number of esters is 1. The summed E-state index contributed by atoms with van der Waals surface area (Å²) in [6.07, 6.45) is 14.3. The Morgan fingerprint density at radius 2 is 1.87 bits per heavy atom. The van der Waals surface area contributed by atoms with Crippen LogP contribution in [-0.4, -0.2) is 82.3 Å². The zero-order valence-corrected chi connectivity index (χ0v) is 23.8. The lowest BCUT2D eigenvalue weighted by atomic mass is 9.65. The van der Waals surface area contributed by atoms with Gasteiger partial charge in [-0.05, 0) is 51.4 Å². The Bertz CT molecular complexity index is 917. The third-order valence-electron chi connectivity index (χ3n) is 9.67. The molecule has 4 rings (SSSR count). The topological polar surface area (TPSA) is 96.4 Å². The van der Waals surface area contributed by atoms with Gasteiger partial charge in [0.1, 0.15) is 17.6 Å². The van der Waals surface area contributed by atoms with Crippen molar-refractivity contribution in [3.63, 3.8) is 0 Å². The molecule has 2 unspecified atom stereocenters. The first kappa shape index (κ1) is 29.8. The van der Waals surface area contributed by atoms with Gasteiger partial charge in [0, 0.05) is 25.7 Å². The molecule has 8 heteroatoms. The molecule has 1 N–H and O–H groups in total. The van der Waals surface area contributed by atoms with Gasteiger partial charge in [-0.25, -0.2) is 0 Å². The molecule has 1 saturated carbocycles. The van der Waals surface area contributed by atoms with E-state index in [1.165, 1.54) is 6.42 Å². The Morgan fingerprint density at radius 1 is 1.13 bits per heavy atom. The van der Waals surface area contributed by atoms with Crippen molar-refractivity contribution < 1.29 is 29.0 Å². The monoisotopic (exact) mass is 544 g/mol. The van der Waals surface area contributed by atoms with Crippen molar-refractivity contribution in [1.82, 2.24) is 9.80 Å². The third-order valence-corrected chi connectivity index (χ3v) is 9.67. The fourth-order valence-electron chi connectivity index (χ4n) is 7.78. The molecule has 8 nitrogen and oxygen atoms in total. The van der Waals surface area contributed by atoms with Gasteiger partial charge < -0.3 is 24.4 Å². The number of ether oxygens (including phenoxy) is 2. The van der Waals surface area contributed by atoms with E-state index in [1.54, 1.807) is 17.1 Å². The standard InChI is InChI=1S/C31H48N2O6/c1-4-7-22-38-29(37)25-24-27(35)33(20-13-8-9-14-21-34)26(31(24)18-17-30(25,6-3)39-31)28(36)32(19-5-2)23-15-11-10-12-16-23/h4-5,23-26,34H,1-2,6-22H2,3H3/t24-,25-,26?,30+,31?/m0/s1. The van der Waals surface area contributed by atoms with Crippen molar-refractivity contribution in [2.24, 2.45) is 11.8 Å². The van der Waals surface area contributed by atoms with Crippen LogP contribution in [0.25, 0.3) is 0 Å². The second-order valence-electron chi connectivity index (χ2n) is 11.8. The number of fused-ring (bicyclic) bond motifs is 1. The van der Waals surface area contributed by atoms with Crippen molar-refractivity contribution >= 4 is 17.8 Å². The van der Waals surface area contributed by atoms with Gasteiger partial charge >= 0.3 is 5.97 Å². The number of nitrogens with zero attached hydrogens (tertiary/aromatic N) is 2. The Morgan fingerprint density at radius 3 is 2.54 bits per heavy atom. The SMILES string of the molecule is C=CCCOC(=O)[C@@H]1[C@H]2C(=O)N(CCCCCCO)C(C(=O)N(CC=C)C3CCCCC3)C23CC[C@@]1(CC)O3. The average Bonchev–Trinajstić information content (AvgIpc) is 3.55. The molecule has 4 aliphatic rings. The van der Waals surface area contributed by atoms with E-state index < -0.39 is 35.0 Å². The summed E-state index contributed by atoms with van der Waals surface area (Å²) >= 11 is 0. The predicted molar refractivity (Wildman–Crippen MR) is 149 cm³/mol. The second kappa shape index (κ2) is 13.0. The van der Waals surface area contributed by atoms with Crippen LogP contribution < -0.4 is 0 Å². The number of aliphatic hydroxyl groups excluding tert-OH is 1. The lowest BCUT2D eigenvalue weighted by Gasteiger charge is -2.41. The lowest BCUT2D eigenvalue weighted by Crippen LogP contribution is -2.58. The van der Waals surface area contributed by atoms with E-state index in [2.05, 4.69) is 13.2 Å². The van der Waals surface area contributed by atoms with Crippen molar-refractivity contribution in [3.8, 4) is 0 Å². The summed E-state index contributed by atoms with van der Waals surface area (Å²) in [4.78, 5) is 46.0. The number of amides is 2. The van der Waals surface area contributed by atoms with Gasteiger partial charge in [-0.1, -0.05) is 51.2 Å². The van der Waals surface area contributed by atoms with Gasteiger partial charge in [0.25, 0.3) is 0 Å². The van der Waals surface area contributed by atoms with E-state index in [1.807, 2.05) is 11.8 Å². The van der Waals surface area contributed by atoms with Gasteiger partial charge in [0.05, 0.1) is 18.1 Å². The van der Waals surface area contributed by atoms with Crippen molar-refractivity contribution in [1.29, 1.82) is 0 Å². The number of unbranched alkanes of at least 4 members (excludes halogenated alkanes) is 3. The maximum atomic E-state index is 14.6. The van der Waals surface area contributed by atoms with Gasteiger partial charge in [0.2, 0.25) is 11.8 Å². The van der Waals surface area contributed by atoms with Crippen molar-refractivity contribution in [2.75, 3.05) is 26.3 Å². The number of aliphatic hydroxyl groups is 1. The van der Waals surface area contributed by atoms with Crippen molar-refractivity contribution in [3.05, 3.63) is 25.3 Å². The number of hydrogen-bond acceptors (Lipinski definition) is 6. The molecule has 39 heavy (non-hydrogen) atoms. The van der Waals surface area contributed by atoms with Crippen LogP contribution in [0.1, 0.15) is 90.4 Å². The Balaban J connectivity index is 1.68. The Hall–Kier alpha value is -2.19. The molecule has 2 bridgehead atoms. The molecule has 3 aliphatic heterocycles. The summed E-state index contributed by atoms with van der Waals surface area (Å²) in [6.45, 7) is 10.9. The minimum absolute atomic E-state index is 0.0689. The molecular formula is C31H48N2O6.